The topological polar surface area (TPSA) is 40.5 Å². The van der Waals surface area contributed by atoms with Gasteiger partial charge in [0.1, 0.15) is 6.04 Å². The molecule has 0 rings (SSSR count). The van der Waals surface area contributed by atoms with E-state index in [4.69, 9.17) is 5.11 Å². The summed E-state index contributed by atoms with van der Waals surface area (Å²) >= 11 is 0. The van der Waals surface area contributed by atoms with Crippen molar-refractivity contribution in [2.45, 2.75) is 26.3 Å². The molecular formula is C8H17NO2. The second kappa shape index (κ2) is 4.34. The lowest BCUT2D eigenvalue weighted by molar-refractivity contribution is -0.144. The predicted molar refractivity (Wildman–Crippen MR) is 44.6 cm³/mol. The van der Waals surface area contributed by atoms with Gasteiger partial charge in [0.05, 0.1) is 0 Å². The van der Waals surface area contributed by atoms with E-state index >= 15 is 0 Å². The van der Waals surface area contributed by atoms with Crippen molar-refractivity contribution in [2.75, 3.05) is 14.1 Å². The fraction of sp³-hybridized carbons (Fsp3) is 0.875. The van der Waals surface area contributed by atoms with Crippen LogP contribution in [-0.4, -0.2) is 36.1 Å². The summed E-state index contributed by atoms with van der Waals surface area (Å²) in [7, 11) is 3.59. The largest absolute Gasteiger partial charge is 0.480 e. The summed E-state index contributed by atoms with van der Waals surface area (Å²) in [5, 5.41) is 8.80. The van der Waals surface area contributed by atoms with E-state index in [-0.39, 0.29) is 12.0 Å². The minimum Gasteiger partial charge on any atom is -0.480 e. The van der Waals surface area contributed by atoms with Crippen LogP contribution in [0.15, 0.2) is 0 Å². The van der Waals surface area contributed by atoms with Crippen molar-refractivity contribution in [3.8, 4) is 0 Å². The second-order valence-electron chi connectivity index (χ2n) is 3.13. The summed E-state index contributed by atoms with van der Waals surface area (Å²) in [6.45, 7) is 3.96. The Balaban J connectivity index is 4.21. The van der Waals surface area contributed by atoms with Crippen molar-refractivity contribution in [3.05, 3.63) is 0 Å². The first kappa shape index (κ1) is 10.4. The minimum absolute atomic E-state index is 0.211. The highest BCUT2D eigenvalue weighted by Crippen LogP contribution is 2.11. The van der Waals surface area contributed by atoms with Crippen LogP contribution < -0.4 is 0 Å². The van der Waals surface area contributed by atoms with Crippen molar-refractivity contribution < 1.29 is 9.90 Å². The highest BCUT2D eigenvalue weighted by atomic mass is 16.4. The average molecular weight is 159 g/mol. The standard InChI is InChI=1S/C8H17NO2/c1-5-6(2)7(8(10)11)9(3)4/h6-7H,5H2,1-4H3,(H,10,11). The highest BCUT2D eigenvalue weighted by Gasteiger charge is 2.24. The highest BCUT2D eigenvalue weighted by molar-refractivity contribution is 5.73. The first-order valence-corrected chi connectivity index (χ1v) is 3.90. The maximum atomic E-state index is 10.7. The van der Waals surface area contributed by atoms with E-state index in [1.54, 1.807) is 19.0 Å². The van der Waals surface area contributed by atoms with Crippen molar-refractivity contribution in [1.82, 2.24) is 4.90 Å². The zero-order valence-corrected chi connectivity index (χ0v) is 7.66. The molecule has 3 nitrogen and oxygen atoms in total. The van der Waals surface area contributed by atoms with Crippen LogP contribution in [-0.2, 0) is 4.79 Å². The van der Waals surface area contributed by atoms with Gasteiger partial charge in [-0.3, -0.25) is 9.69 Å². The molecule has 2 atom stereocenters. The zero-order chi connectivity index (χ0) is 9.02. The molecule has 0 saturated heterocycles. The van der Waals surface area contributed by atoms with E-state index in [1.165, 1.54) is 0 Å². The molecule has 0 saturated carbocycles. The number of nitrogens with zero attached hydrogens (tertiary/aromatic N) is 1. The third-order valence-corrected chi connectivity index (χ3v) is 1.99. The van der Waals surface area contributed by atoms with Crippen molar-refractivity contribution in [3.63, 3.8) is 0 Å². The molecule has 0 heterocycles. The molecule has 0 radical (unpaired) electrons. The van der Waals surface area contributed by atoms with Gasteiger partial charge in [0.15, 0.2) is 0 Å². The Morgan fingerprint density at radius 1 is 1.55 bits per heavy atom. The fourth-order valence-electron chi connectivity index (χ4n) is 1.20. The monoisotopic (exact) mass is 159 g/mol. The molecule has 2 unspecified atom stereocenters. The lowest BCUT2D eigenvalue weighted by Gasteiger charge is -2.25. The van der Waals surface area contributed by atoms with E-state index in [0.29, 0.717) is 0 Å². The number of carboxylic acids is 1. The van der Waals surface area contributed by atoms with Crippen LogP contribution in [0.3, 0.4) is 0 Å². The number of hydrogen-bond donors (Lipinski definition) is 1. The molecule has 0 aliphatic heterocycles. The van der Waals surface area contributed by atoms with Crippen LogP contribution >= 0.6 is 0 Å². The van der Waals surface area contributed by atoms with Crippen LogP contribution in [0, 0.1) is 5.92 Å². The van der Waals surface area contributed by atoms with Crippen LogP contribution in [0.5, 0.6) is 0 Å². The molecule has 0 spiro atoms. The van der Waals surface area contributed by atoms with Crippen LogP contribution in [0.4, 0.5) is 0 Å². The van der Waals surface area contributed by atoms with Gasteiger partial charge in [-0.2, -0.15) is 0 Å². The molecule has 66 valence electrons. The maximum absolute atomic E-state index is 10.7. The third-order valence-electron chi connectivity index (χ3n) is 1.99. The van der Waals surface area contributed by atoms with E-state index in [9.17, 15) is 4.79 Å². The lowest BCUT2D eigenvalue weighted by Crippen LogP contribution is -2.40. The Hall–Kier alpha value is -0.570. The van der Waals surface area contributed by atoms with E-state index in [2.05, 4.69) is 0 Å². The molecule has 0 fully saturated rings. The number of likely N-dealkylation sites (N-methyl/N-ethyl adjacent to an activating group) is 1. The van der Waals surface area contributed by atoms with Gasteiger partial charge in [-0.25, -0.2) is 0 Å². The molecule has 0 aliphatic rings. The van der Waals surface area contributed by atoms with Gasteiger partial charge < -0.3 is 5.11 Å². The van der Waals surface area contributed by atoms with Crippen LogP contribution in [0.2, 0.25) is 0 Å². The van der Waals surface area contributed by atoms with Gasteiger partial charge in [-0.15, -0.1) is 0 Å². The smallest absolute Gasteiger partial charge is 0.321 e. The number of rotatable bonds is 4. The van der Waals surface area contributed by atoms with E-state index in [1.807, 2.05) is 13.8 Å². The molecule has 3 heteroatoms. The quantitative estimate of drug-likeness (QED) is 0.666. The average Bonchev–Trinajstić information content (AvgIpc) is 1.85. The molecule has 0 aromatic heterocycles. The molecule has 0 aromatic carbocycles. The summed E-state index contributed by atoms with van der Waals surface area (Å²) in [6, 6.07) is -0.347. The van der Waals surface area contributed by atoms with Gasteiger partial charge in [0.25, 0.3) is 0 Å². The Morgan fingerprint density at radius 2 is 2.00 bits per heavy atom. The fourth-order valence-corrected chi connectivity index (χ4v) is 1.20. The summed E-state index contributed by atoms with van der Waals surface area (Å²) in [4.78, 5) is 12.4. The predicted octanol–water partition coefficient (Wildman–Crippen LogP) is 1.05. The Bertz CT molecular complexity index is 134. The maximum Gasteiger partial charge on any atom is 0.321 e. The van der Waals surface area contributed by atoms with Gasteiger partial charge in [0, 0.05) is 0 Å². The first-order chi connectivity index (χ1) is 5.00. The van der Waals surface area contributed by atoms with E-state index in [0.717, 1.165) is 6.42 Å². The van der Waals surface area contributed by atoms with Crippen molar-refractivity contribution in [1.29, 1.82) is 0 Å². The normalized spacial score (nSPS) is 16.5. The van der Waals surface area contributed by atoms with Gasteiger partial charge >= 0.3 is 5.97 Å². The summed E-state index contributed by atoms with van der Waals surface area (Å²) in [6.07, 6.45) is 0.898. The van der Waals surface area contributed by atoms with E-state index < -0.39 is 5.97 Å². The second-order valence-corrected chi connectivity index (χ2v) is 3.13. The molecule has 0 aliphatic carbocycles. The minimum atomic E-state index is -0.732. The zero-order valence-electron chi connectivity index (χ0n) is 7.66. The van der Waals surface area contributed by atoms with Crippen LogP contribution in [0.25, 0.3) is 0 Å². The number of hydrogen-bond acceptors (Lipinski definition) is 2. The third kappa shape index (κ3) is 2.89. The SMILES string of the molecule is CCC(C)C(C(=O)O)N(C)C. The Kier molecular flexibility index (Phi) is 4.11. The number of aliphatic carboxylic acids is 1. The molecule has 1 N–H and O–H groups in total. The molecular weight excluding hydrogens is 142 g/mol. The summed E-state index contributed by atoms with van der Waals surface area (Å²) in [5.41, 5.74) is 0. The van der Waals surface area contributed by atoms with Gasteiger partial charge in [-0.05, 0) is 20.0 Å². The number of carboxylic acid groups (broad SMARTS) is 1. The van der Waals surface area contributed by atoms with Gasteiger partial charge in [0.2, 0.25) is 0 Å². The first-order valence-electron chi connectivity index (χ1n) is 3.90. The Labute approximate surface area is 68.0 Å². The lowest BCUT2D eigenvalue weighted by atomic mass is 9.99. The van der Waals surface area contributed by atoms with Gasteiger partial charge in [-0.1, -0.05) is 20.3 Å². The van der Waals surface area contributed by atoms with Crippen molar-refractivity contribution >= 4 is 5.97 Å². The Morgan fingerprint density at radius 3 is 2.09 bits per heavy atom. The molecule has 0 bridgehead atoms. The molecule has 0 aromatic rings. The summed E-state index contributed by atoms with van der Waals surface area (Å²) in [5.74, 6) is -0.521. The summed E-state index contributed by atoms with van der Waals surface area (Å²) < 4.78 is 0. The molecule has 11 heavy (non-hydrogen) atoms. The number of carbonyl (C=O) groups is 1. The molecule has 0 amide bonds. The van der Waals surface area contributed by atoms with Crippen molar-refractivity contribution in [2.24, 2.45) is 5.92 Å². The van der Waals surface area contributed by atoms with Crippen LogP contribution in [0.1, 0.15) is 20.3 Å².